The lowest BCUT2D eigenvalue weighted by Crippen LogP contribution is -2.17. The number of hydrogen-bond acceptors (Lipinski definition) is 7. The summed E-state index contributed by atoms with van der Waals surface area (Å²) < 4.78 is 28.5. The molecule has 0 bridgehead atoms. The van der Waals surface area contributed by atoms with Crippen molar-refractivity contribution in [2.24, 2.45) is 5.14 Å². The number of carbonyl (C=O) groups excluding carboxylic acids is 1. The van der Waals surface area contributed by atoms with Gasteiger partial charge in [-0.3, -0.25) is 14.9 Å². The Morgan fingerprint density at radius 2 is 1.79 bits per heavy atom. The Balaban J connectivity index is 1.54. The van der Waals surface area contributed by atoms with Gasteiger partial charge in [-0.2, -0.15) is 0 Å². The first kappa shape index (κ1) is 24.0. The largest absolute Gasteiger partial charge is 0.456 e. The van der Waals surface area contributed by atoms with Gasteiger partial charge in [-0.05, 0) is 48.5 Å². The van der Waals surface area contributed by atoms with E-state index < -0.39 is 20.6 Å². The number of sulfonamides is 1. The van der Waals surface area contributed by atoms with Gasteiger partial charge in [-0.1, -0.05) is 23.7 Å². The van der Waals surface area contributed by atoms with Gasteiger partial charge in [0.25, 0.3) is 5.69 Å². The number of para-hydroxylation sites is 1. The first-order valence-electron chi connectivity index (χ1n) is 9.51. The molecular formula is C21H19ClN4O6S. The van der Waals surface area contributed by atoms with Crippen LogP contribution in [-0.4, -0.2) is 25.8 Å². The van der Waals surface area contributed by atoms with Gasteiger partial charge in [0.15, 0.2) is 0 Å². The zero-order valence-electron chi connectivity index (χ0n) is 17.0. The van der Waals surface area contributed by atoms with Gasteiger partial charge in [-0.15, -0.1) is 0 Å². The zero-order valence-corrected chi connectivity index (χ0v) is 18.6. The van der Waals surface area contributed by atoms with Crippen LogP contribution in [0.25, 0.3) is 0 Å². The maximum atomic E-state index is 12.2. The Morgan fingerprint density at radius 1 is 1.09 bits per heavy atom. The number of halogens is 1. The quantitative estimate of drug-likeness (QED) is 0.301. The third-order valence-corrected chi connectivity index (χ3v) is 5.59. The molecule has 0 spiro atoms. The number of carbonyl (C=O) groups is 1. The van der Waals surface area contributed by atoms with Crippen LogP contribution in [0.1, 0.15) is 6.42 Å². The van der Waals surface area contributed by atoms with Crippen LogP contribution < -0.4 is 20.5 Å². The SMILES string of the molecule is NS(=O)(=O)c1ccc(NCCC(=O)Nc2ccc(Oc3ccccc3Cl)cc2)c([N+](=O)[O-])c1. The first-order valence-corrected chi connectivity index (χ1v) is 11.4. The summed E-state index contributed by atoms with van der Waals surface area (Å²) >= 11 is 6.06. The molecule has 10 nitrogen and oxygen atoms in total. The molecule has 0 fully saturated rings. The van der Waals surface area contributed by atoms with Crippen LogP contribution in [0, 0.1) is 10.1 Å². The van der Waals surface area contributed by atoms with Gasteiger partial charge in [0.1, 0.15) is 17.2 Å². The van der Waals surface area contributed by atoms with E-state index >= 15 is 0 Å². The number of ether oxygens (including phenoxy) is 1. The van der Waals surface area contributed by atoms with Crippen LogP contribution in [0.5, 0.6) is 11.5 Å². The summed E-state index contributed by atoms with van der Waals surface area (Å²) in [5.41, 5.74) is 0.146. The fraction of sp³-hybridized carbons (Fsp3) is 0.0952. The van der Waals surface area contributed by atoms with Crippen LogP contribution in [0.3, 0.4) is 0 Å². The molecule has 0 aliphatic carbocycles. The van der Waals surface area contributed by atoms with Crippen molar-refractivity contribution in [3.63, 3.8) is 0 Å². The molecule has 0 radical (unpaired) electrons. The normalized spacial score (nSPS) is 11.0. The number of rotatable bonds is 9. The van der Waals surface area contributed by atoms with Crippen molar-refractivity contribution in [3.05, 3.63) is 81.9 Å². The van der Waals surface area contributed by atoms with Crippen molar-refractivity contribution in [2.45, 2.75) is 11.3 Å². The van der Waals surface area contributed by atoms with Gasteiger partial charge in [0, 0.05) is 24.7 Å². The molecule has 172 valence electrons. The number of anilines is 2. The number of nitro groups is 1. The highest BCUT2D eigenvalue weighted by Crippen LogP contribution is 2.29. The maximum Gasteiger partial charge on any atom is 0.293 e. The van der Waals surface area contributed by atoms with Gasteiger partial charge in [0.2, 0.25) is 15.9 Å². The van der Waals surface area contributed by atoms with Crippen molar-refractivity contribution in [1.29, 1.82) is 0 Å². The predicted octanol–water partition coefficient (Wildman–Crippen LogP) is 4.13. The number of nitrogens with two attached hydrogens (primary N) is 1. The highest BCUT2D eigenvalue weighted by molar-refractivity contribution is 7.89. The topological polar surface area (TPSA) is 154 Å². The second-order valence-electron chi connectivity index (χ2n) is 6.76. The smallest absolute Gasteiger partial charge is 0.293 e. The third kappa shape index (κ3) is 6.65. The maximum absolute atomic E-state index is 12.2. The number of amides is 1. The number of primary sulfonamides is 1. The minimum absolute atomic E-state index is 0.00592. The fourth-order valence-corrected chi connectivity index (χ4v) is 3.49. The molecule has 0 saturated heterocycles. The van der Waals surface area contributed by atoms with E-state index in [0.717, 1.165) is 12.1 Å². The summed E-state index contributed by atoms with van der Waals surface area (Å²) in [6, 6.07) is 17.0. The molecule has 0 aliphatic rings. The van der Waals surface area contributed by atoms with Crippen LogP contribution in [0.15, 0.2) is 71.6 Å². The average Bonchev–Trinajstić information content (AvgIpc) is 2.76. The van der Waals surface area contributed by atoms with Crippen molar-refractivity contribution in [2.75, 3.05) is 17.2 Å². The molecule has 1 amide bonds. The van der Waals surface area contributed by atoms with E-state index in [2.05, 4.69) is 10.6 Å². The molecule has 0 aliphatic heterocycles. The van der Waals surface area contributed by atoms with Gasteiger partial charge in [-0.25, -0.2) is 13.6 Å². The Morgan fingerprint density at radius 3 is 2.42 bits per heavy atom. The third-order valence-electron chi connectivity index (χ3n) is 4.36. The number of hydrogen-bond donors (Lipinski definition) is 3. The predicted molar refractivity (Wildman–Crippen MR) is 124 cm³/mol. The van der Waals surface area contributed by atoms with E-state index in [0.29, 0.717) is 22.2 Å². The summed E-state index contributed by atoms with van der Waals surface area (Å²) in [6.45, 7) is 0.0785. The molecule has 4 N–H and O–H groups in total. The summed E-state index contributed by atoms with van der Waals surface area (Å²) in [5, 5.41) is 22.2. The minimum atomic E-state index is -4.08. The Kier molecular flexibility index (Phi) is 7.48. The Hall–Kier alpha value is -3.67. The number of nitrogens with zero attached hydrogens (tertiary/aromatic N) is 1. The molecular weight excluding hydrogens is 472 g/mol. The molecule has 0 aromatic heterocycles. The molecule has 0 atom stereocenters. The summed E-state index contributed by atoms with van der Waals surface area (Å²) in [6.07, 6.45) is 0.00592. The Labute approximate surface area is 194 Å². The van der Waals surface area contributed by atoms with E-state index in [9.17, 15) is 23.3 Å². The summed E-state index contributed by atoms with van der Waals surface area (Å²) in [4.78, 5) is 22.3. The number of nitrogens with one attached hydrogen (secondary N) is 2. The van der Waals surface area contributed by atoms with E-state index in [4.69, 9.17) is 21.5 Å². The lowest BCUT2D eigenvalue weighted by molar-refractivity contribution is -0.384. The van der Waals surface area contributed by atoms with E-state index in [1.165, 1.54) is 6.07 Å². The molecule has 12 heteroatoms. The molecule has 3 aromatic rings. The second kappa shape index (κ2) is 10.3. The van der Waals surface area contributed by atoms with Crippen LogP contribution in [0.4, 0.5) is 17.1 Å². The highest BCUT2D eigenvalue weighted by atomic mass is 35.5. The summed E-state index contributed by atoms with van der Waals surface area (Å²) in [7, 11) is -4.08. The van der Waals surface area contributed by atoms with Crippen LogP contribution in [-0.2, 0) is 14.8 Å². The zero-order chi connectivity index (χ0) is 24.0. The van der Waals surface area contributed by atoms with Crippen LogP contribution >= 0.6 is 11.6 Å². The number of nitro benzene ring substituents is 1. The molecule has 3 rings (SSSR count). The van der Waals surface area contributed by atoms with E-state index in [1.807, 2.05) is 0 Å². The highest BCUT2D eigenvalue weighted by Gasteiger charge is 2.19. The van der Waals surface area contributed by atoms with Crippen molar-refractivity contribution in [3.8, 4) is 11.5 Å². The fourth-order valence-electron chi connectivity index (χ4n) is 2.78. The molecule has 0 saturated carbocycles. The van der Waals surface area contributed by atoms with Crippen molar-refractivity contribution < 1.29 is 22.9 Å². The molecule has 3 aromatic carbocycles. The molecule has 0 unspecified atom stereocenters. The molecule has 33 heavy (non-hydrogen) atoms. The van der Waals surface area contributed by atoms with Crippen molar-refractivity contribution >= 4 is 44.6 Å². The monoisotopic (exact) mass is 490 g/mol. The lowest BCUT2D eigenvalue weighted by atomic mass is 10.2. The van der Waals surface area contributed by atoms with Gasteiger partial charge in [0.05, 0.1) is 14.8 Å². The lowest BCUT2D eigenvalue weighted by Gasteiger charge is -2.10. The standard InChI is InChI=1S/C21H19ClN4O6S/c22-17-3-1-2-4-20(17)32-15-7-5-14(6-8-15)25-21(27)11-12-24-18-10-9-16(33(23,30)31)13-19(18)26(28)29/h1-10,13,24H,11-12H2,(H,25,27)(H2,23,30,31). The van der Waals surface area contributed by atoms with Gasteiger partial charge >= 0.3 is 0 Å². The van der Waals surface area contributed by atoms with Gasteiger partial charge < -0.3 is 15.4 Å². The Bertz CT molecular complexity index is 1280. The number of benzene rings is 3. The molecule has 0 heterocycles. The first-order chi connectivity index (χ1) is 15.6. The van der Waals surface area contributed by atoms with Crippen molar-refractivity contribution in [1.82, 2.24) is 0 Å². The summed E-state index contributed by atoms with van der Waals surface area (Å²) in [5.74, 6) is 0.720. The minimum Gasteiger partial charge on any atom is -0.456 e. The van der Waals surface area contributed by atoms with E-state index in [1.54, 1.807) is 48.5 Å². The average molecular weight is 491 g/mol. The van der Waals surface area contributed by atoms with Crippen LogP contribution in [0.2, 0.25) is 5.02 Å². The second-order valence-corrected chi connectivity index (χ2v) is 8.73. The van der Waals surface area contributed by atoms with E-state index in [-0.39, 0.29) is 29.5 Å².